The van der Waals surface area contributed by atoms with Crippen LogP contribution in [0.25, 0.3) is 0 Å². The summed E-state index contributed by atoms with van der Waals surface area (Å²) in [5.41, 5.74) is 7.33. The summed E-state index contributed by atoms with van der Waals surface area (Å²) in [6.45, 7) is 8.74. The summed E-state index contributed by atoms with van der Waals surface area (Å²) >= 11 is 3.40. The summed E-state index contributed by atoms with van der Waals surface area (Å²) in [5, 5.41) is 0. The van der Waals surface area contributed by atoms with Crippen LogP contribution < -0.4 is 5.73 Å². The predicted molar refractivity (Wildman–Crippen MR) is 80.7 cm³/mol. The number of hydrogen-bond donors (Lipinski definition) is 1. The van der Waals surface area contributed by atoms with Gasteiger partial charge in [-0.25, -0.2) is 0 Å². The zero-order valence-electron chi connectivity index (χ0n) is 11.6. The number of nitrogen functional groups attached to an aromatic ring is 1. The van der Waals surface area contributed by atoms with Gasteiger partial charge in [0.1, 0.15) is 0 Å². The molecule has 0 fully saturated rings. The van der Waals surface area contributed by atoms with E-state index in [2.05, 4.69) is 43.6 Å². The van der Waals surface area contributed by atoms with Crippen molar-refractivity contribution in [3.05, 3.63) is 28.2 Å². The number of ketones is 1. The summed E-state index contributed by atoms with van der Waals surface area (Å²) in [7, 11) is 0. The third kappa shape index (κ3) is 4.81. The highest BCUT2D eigenvalue weighted by Gasteiger charge is 2.19. The number of carbonyl (C=O) groups excluding carboxylic acids is 1. The molecule has 0 aliphatic carbocycles. The van der Waals surface area contributed by atoms with Gasteiger partial charge < -0.3 is 5.73 Å². The van der Waals surface area contributed by atoms with E-state index in [1.165, 1.54) is 0 Å². The first kappa shape index (κ1) is 15.2. The Kier molecular flexibility index (Phi) is 4.97. The van der Waals surface area contributed by atoms with Crippen molar-refractivity contribution in [2.45, 2.75) is 40.5 Å². The molecule has 18 heavy (non-hydrogen) atoms. The highest BCUT2D eigenvalue weighted by atomic mass is 79.9. The molecule has 0 amide bonds. The zero-order chi connectivity index (χ0) is 13.9. The second kappa shape index (κ2) is 5.87. The molecule has 3 heteroatoms. The third-order valence-corrected chi connectivity index (χ3v) is 3.44. The Labute approximate surface area is 118 Å². The Balaban J connectivity index is 2.71. The molecule has 0 saturated carbocycles. The largest absolute Gasteiger partial charge is 0.399 e. The molecule has 0 aliphatic heterocycles. The Morgan fingerprint density at radius 3 is 2.50 bits per heavy atom. The Bertz CT molecular complexity index is 435. The van der Waals surface area contributed by atoms with Crippen LogP contribution in [-0.2, 0) is 0 Å². The first-order chi connectivity index (χ1) is 8.19. The fourth-order valence-corrected chi connectivity index (χ4v) is 2.92. The third-order valence-electron chi connectivity index (χ3n) is 2.79. The maximum atomic E-state index is 12.2. The molecule has 1 rings (SSSR count). The van der Waals surface area contributed by atoms with Gasteiger partial charge in [-0.15, -0.1) is 0 Å². The number of halogens is 1. The minimum Gasteiger partial charge on any atom is -0.399 e. The van der Waals surface area contributed by atoms with Crippen LogP contribution in [0.5, 0.6) is 0 Å². The van der Waals surface area contributed by atoms with Crippen LogP contribution in [0.2, 0.25) is 0 Å². The van der Waals surface area contributed by atoms with E-state index in [-0.39, 0.29) is 11.2 Å². The lowest BCUT2D eigenvalue weighted by Gasteiger charge is -2.22. The average molecular weight is 312 g/mol. The van der Waals surface area contributed by atoms with Crippen molar-refractivity contribution < 1.29 is 4.79 Å². The van der Waals surface area contributed by atoms with Gasteiger partial charge >= 0.3 is 0 Å². The van der Waals surface area contributed by atoms with Gasteiger partial charge in [0, 0.05) is 22.1 Å². The van der Waals surface area contributed by atoms with Crippen LogP contribution in [0.1, 0.15) is 50.9 Å². The summed E-state index contributed by atoms with van der Waals surface area (Å²) in [6.07, 6.45) is 1.63. The molecule has 100 valence electrons. The van der Waals surface area contributed by atoms with Crippen molar-refractivity contribution in [1.82, 2.24) is 0 Å². The molecular weight excluding hydrogens is 290 g/mol. The standard InChI is InChI=1S/C15H22BrNO/c1-10(9-15(2,3)4)7-14(18)12-6-5-11(17)8-13(12)16/h5-6,8,10H,7,9,17H2,1-4H3. The molecule has 2 N–H and O–H groups in total. The number of rotatable bonds is 4. The molecule has 0 spiro atoms. The van der Waals surface area contributed by atoms with Gasteiger partial charge in [-0.1, -0.05) is 27.7 Å². The smallest absolute Gasteiger partial charge is 0.164 e. The van der Waals surface area contributed by atoms with Gasteiger partial charge in [0.05, 0.1) is 0 Å². The Hall–Kier alpha value is -0.830. The second-order valence-electron chi connectivity index (χ2n) is 6.24. The topological polar surface area (TPSA) is 43.1 Å². The van der Waals surface area contributed by atoms with Crippen molar-refractivity contribution in [3.8, 4) is 0 Å². The Morgan fingerprint density at radius 1 is 1.39 bits per heavy atom. The molecule has 1 unspecified atom stereocenters. The van der Waals surface area contributed by atoms with E-state index in [9.17, 15) is 4.79 Å². The quantitative estimate of drug-likeness (QED) is 0.648. The molecule has 1 aromatic carbocycles. The number of nitrogens with two attached hydrogens (primary N) is 1. The number of carbonyl (C=O) groups is 1. The van der Waals surface area contributed by atoms with E-state index < -0.39 is 0 Å². The molecule has 0 radical (unpaired) electrons. The summed E-state index contributed by atoms with van der Waals surface area (Å²) < 4.78 is 0.787. The van der Waals surface area contributed by atoms with Crippen LogP contribution in [0.15, 0.2) is 22.7 Å². The first-order valence-corrected chi connectivity index (χ1v) is 7.06. The highest BCUT2D eigenvalue weighted by Crippen LogP contribution is 2.28. The van der Waals surface area contributed by atoms with Gasteiger partial charge in [-0.2, -0.15) is 0 Å². The van der Waals surface area contributed by atoms with Gasteiger partial charge in [0.2, 0.25) is 0 Å². The molecule has 0 aromatic heterocycles. The number of Topliss-reactive ketones (excluding diaryl/α,β-unsaturated/α-hetero) is 1. The molecule has 1 aromatic rings. The SMILES string of the molecule is CC(CC(=O)c1ccc(N)cc1Br)CC(C)(C)C. The monoisotopic (exact) mass is 311 g/mol. The first-order valence-electron chi connectivity index (χ1n) is 6.27. The van der Waals surface area contributed by atoms with E-state index >= 15 is 0 Å². The normalized spacial score (nSPS) is 13.4. The zero-order valence-corrected chi connectivity index (χ0v) is 13.2. The van der Waals surface area contributed by atoms with E-state index in [1.54, 1.807) is 18.2 Å². The fraction of sp³-hybridized carbons (Fsp3) is 0.533. The van der Waals surface area contributed by atoms with Crippen LogP contribution >= 0.6 is 15.9 Å². The molecule has 0 heterocycles. The molecule has 0 aliphatic rings. The lowest BCUT2D eigenvalue weighted by molar-refractivity contribution is 0.0953. The minimum absolute atomic E-state index is 0.179. The highest BCUT2D eigenvalue weighted by molar-refractivity contribution is 9.10. The van der Waals surface area contributed by atoms with Gasteiger partial charge in [0.25, 0.3) is 0 Å². The summed E-state index contributed by atoms with van der Waals surface area (Å²) in [4.78, 5) is 12.2. The fourth-order valence-electron chi connectivity index (χ4n) is 2.30. The summed E-state index contributed by atoms with van der Waals surface area (Å²) in [5.74, 6) is 0.570. The van der Waals surface area contributed by atoms with Crippen LogP contribution in [0.3, 0.4) is 0 Å². The Morgan fingerprint density at radius 2 is 2.00 bits per heavy atom. The van der Waals surface area contributed by atoms with Crippen LogP contribution in [-0.4, -0.2) is 5.78 Å². The van der Waals surface area contributed by atoms with Crippen molar-refractivity contribution in [1.29, 1.82) is 0 Å². The predicted octanol–water partition coefficient (Wildman–Crippen LogP) is 4.68. The van der Waals surface area contributed by atoms with Crippen molar-refractivity contribution in [2.75, 3.05) is 5.73 Å². The van der Waals surface area contributed by atoms with Crippen molar-refractivity contribution in [2.24, 2.45) is 11.3 Å². The second-order valence-corrected chi connectivity index (χ2v) is 7.09. The van der Waals surface area contributed by atoms with E-state index in [1.807, 2.05) is 0 Å². The van der Waals surface area contributed by atoms with Crippen LogP contribution in [0, 0.1) is 11.3 Å². The molecule has 2 nitrogen and oxygen atoms in total. The summed E-state index contributed by atoms with van der Waals surface area (Å²) in [6, 6.07) is 5.35. The van der Waals surface area contributed by atoms with E-state index in [0.29, 0.717) is 18.0 Å². The lowest BCUT2D eigenvalue weighted by atomic mass is 9.83. The van der Waals surface area contributed by atoms with Crippen LogP contribution in [0.4, 0.5) is 5.69 Å². The lowest BCUT2D eigenvalue weighted by Crippen LogP contribution is -2.14. The maximum Gasteiger partial charge on any atom is 0.164 e. The van der Waals surface area contributed by atoms with Crippen molar-refractivity contribution >= 4 is 27.4 Å². The van der Waals surface area contributed by atoms with Crippen molar-refractivity contribution in [3.63, 3.8) is 0 Å². The molecule has 0 saturated heterocycles. The van der Waals surface area contributed by atoms with Gasteiger partial charge in [0.15, 0.2) is 5.78 Å². The molecule has 0 bridgehead atoms. The average Bonchev–Trinajstić information content (AvgIpc) is 2.13. The number of anilines is 1. The van der Waals surface area contributed by atoms with Gasteiger partial charge in [-0.05, 0) is 51.9 Å². The van der Waals surface area contributed by atoms with E-state index in [0.717, 1.165) is 16.5 Å². The maximum absolute atomic E-state index is 12.2. The van der Waals surface area contributed by atoms with Gasteiger partial charge in [-0.3, -0.25) is 4.79 Å². The molecule has 1 atom stereocenters. The molecular formula is C15H22BrNO. The van der Waals surface area contributed by atoms with E-state index in [4.69, 9.17) is 5.73 Å². The minimum atomic E-state index is 0.179. The number of hydrogen-bond acceptors (Lipinski definition) is 2. The number of benzene rings is 1.